The molecule has 0 bridgehead atoms. The van der Waals surface area contributed by atoms with E-state index in [4.69, 9.17) is 5.26 Å². The highest BCUT2D eigenvalue weighted by Gasteiger charge is 2.35. The Hall–Kier alpha value is -2.30. The first-order valence-electron chi connectivity index (χ1n) is 6.91. The van der Waals surface area contributed by atoms with E-state index in [9.17, 15) is 9.59 Å². The number of carbonyl (C=O) groups is 2. The molecule has 116 valence electrons. The predicted octanol–water partition coefficient (Wildman–Crippen LogP) is 2.77. The van der Waals surface area contributed by atoms with Gasteiger partial charge in [0.15, 0.2) is 0 Å². The third-order valence-electron chi connectivity index (χ3n) is 3.50. The molecule has 1 fully saturated rings. The molecule has 1 aromatic carbocycles. The molecular weight excluding hydrogens is 330 g/mol. The van der Waals surface area contributed by atoms with Crippen molar-refractivity contribution >= 4 is 40.6 Å². The van der Waals surface area contributed by atoms with Gasteiger partial charge >= 0.3 is 0 Å². The van der Waals surface area contributed by atoms with Crippen LogP contribution in [-0.4, -0.2) is 34.4 Å². The van der Waals surface area contributed by atoms with Crippen molar-refractivity contribution in [2.45, 2.75) is 6.04 Å². The minimum atomic E-state index is -0.483. The van der Waals surface area contributed by atoms with E-state index in [1.54, 1.807) is 52.4 Å². The molecule has 0 unspecified atom stereocenters. The lowest BCUT2D eigenvalue weighted by atomic mass is 10.2. The number of amides is 2. The van der Waals surface area contributed by atoms with Crippen LogP contribution >= 0.6 is 23.1 Å². The van der Waals surface area contributed by atoms with E-state index in [2.05, 4.69) is 5.32 Å². The van der Waals surface area contributed by atoms with Gasteiger partial charge in [0, 0.05) is 16.8 Å². The molecular formula is C16H13N3O2S2. The molecule has 2 heterocycles. The van der Waals surface area contributed by atoms with Crippen LogP contribution in [0.15, 0.2) is 41.1 Å². The number of anilines is 1. The number of nitrogens with zero attached hydrogens (tertiary/aromatic N) is 2. The fourth-order valence-electron chi connectivity index (χ4n) is 2.27. The van der Waals surface area contributed by atoms with Crippen LogP contribution in [0.25, 0.3) is 0 Å². The van der Waals surface area contributed by atoms with Crippen LogP contribution in [0.1, 0.15) is 15.9 Å². The van der Waals surface area contributed by atoms with E-state index in [1.165, 1.54) is 11.3 Å². The lowest BCUT2D eigenvalue weighted by Gasteiger charge is -2.22. The van der Waals surface area contributed by atoms with Gasteiger partial charge in [-0.15, -0.1) is 11.8 Å². The molecule has 0 spiro atoms. The largest absolute Gasteiger partial charge is 0.324 e. The first-order valence-corrected chi connectivity index (χ1v) is 9.01. The normalized spacial score (nSPS) is 16.8. The van der Waals surface area contributed by atoms with E-state index in [1.807, 2.05) is 11.4 Å². The van der Waals surface area contributed by atoms with Gasteiger partial charge < -0.3 is 10.2 Å². The summed E-state index contributed by atoms with van der Waals surface area (Å²) in [4.78, 5) is 26.5. The number of nitriles is 1. The van der Waals surface area contributed by atoms with Crippen LogP contribution in [0.2, 0.25) is 0 Å². The van der Waals surface area contributed by atoms with Crippen molar-refractivity contribution in [3.05, 3.63) is 52.2 Å². The predicted molar refractivity (Wildman–Crippen MR) is 91.4 cm³/mol. The van der Waals surface area contributed by atoms with Gasteiger partial charge in [-0.2, -0.15) is 16.6 Å². The van der Waals surface area contributed by atoms with Gasteiger partial charge in [-0.05, 0) is 35.7 Å². The van der Waals surface area contributed by atoms with E-state index in [0.717, 1.165) is 0 Å². The van der Waals surface area contributed by atoms with Gasteiger partial charge in [-0.1, -0.05) is 0 Å². The Morgan fingerprint density at radius 3 is 2.70 bits per heavy atom. The lowest BCUT2D eigenvalue weighted by molar-refractivity contribution is -0.119. The number of hydrogen-bond acceptors (Lipinski definition) is 5. The smallest absolute Gasteiger partial charge is 0.256 e. The fraction of sp³-hybridized carbons (Fsp3) is 0.188. The van der Waals surface area contributed by atoms with Gasteiger partial charge in [0.1, 0.15) is 6.04 Å². The first-order chi connectivity index (χ1) is 11.2. The van der Waals surface area contributed by atoms with Crippen molar-refractivity contribution in [1.82, 2.24) is 4.90 Å². The Balaban J connectivity index is 1.70. The Bertz CT molecular complexity index is 751. The monoisotopic (exact) mass is 343 g/mol. The fourth-order valence-corrected chi connectivity index (χ4v) is 4.05. The summed E-state index contributed by atoms with van der Waals surface area (Å²) in [6, 6.07) is 9.98. The number of thiophene rings is 1. The zero-order valence-corrected chi connectivity index (χ0v) is 13.7. The zero-order chi connectivity index (χ0) is 16.2. The SMILES string of the molecule is N#Cc1ccc(NC(=O)[C@H]2CSCN2C(=O)c2ccsc2)cc1. The van der Waals surface area contributed by atoms with Gasteiger partial charge in [-0.25, -0.2) is 0 Å². The molecule has 1 atom stereocenters. The van der Waals surface area contributed by atoms with Crippen molar-refractivity contribution in [3.63, 3.8) is 0 Å². The summed E-state index contributed by atoms with van der Waals surface area (Å²) >= 11 is 3.03. The van der Waals surface area contributed by atoms with Gasteiger partial charge in [0.05, 0.1) is 23.1 Å². The van der Waals surface area contributed by atoms with Crippen molar-refractivity contribution in [1.29, 1.82) is 5.26 Å². The molecule has 5 nitrogen and oxygen atoms in total. The number of thioether (sulfide) groups is 1. The summed E-state index contributed by atoms with van der Waals surface area (Å²) in [6.07, 6.45) is 0. The lowest BCUT2D eigenvalue weighted by Crippen LogP contribution is -2.44. The summed E-state index contributed by atoms with van der Waals surface area (Å²) in [5.41, 5.74) is 1.77. The highest BCUT2D eigenvalue weighted by Crippen LogP contribution is 2.25. The Labute approximate surface area is 141 Å². The van der Waals surface area contributed by atoms with Crippen molar-refractivity contribution in [3.8, 4) is 6.07 Å². The minimum absolute atomic E-state index is 0.115. The van der Waals surface area contributed by atoms with Gasteiger partial charge in [0.2, 0.25) is 5.91 Å². The average molecular weight is 343 g/mol. The van der Waals surface area contributed by atoms with E-state index < -0.39 is 6.04 Å². The number of carbonyl (C=O) groups excluding carboxylic acids is 2. The quantitative estimate of drug-likeness (QED) is 0.930. The van der Waals surface area contributed by atoms with Crippen LogP contribution in [0.4, 0.5) is 5.69 Å². The molecule has 1 N–H and O–H groups in total. The maximum absolute atomic E-state index is 12.5. The van der Waals surface area contributed by atoms with Gasteiger partial charge in [0.25, 0.3) is 5.91 Å². The van der Waals surface area contributed by atoms with E-state index in [0.29, 0.717) is 28.4 Å². The molecule has 1 saturated heterocycles. The molecule has 3 rings (SSSR count). The second-order valence-electron chi connectivity index (χ2n) is 4.98. The molecule has 1 aliphatic rings. The maximum atomic E-state index is 12.5. The molecule has 0 radical (unpaired) electrons. The highest BCUT2D eigenvalue weighted by molar-refractivity contribution is 7.99. The molecule has 1 aliphatic heterocycles. The number of benzene rings is 1. The Morgan fingerprint density at radius 1 is 1.26 bits per heavy atom. The van der Waals surface area contributed by atoms with Crippen molar-refractivity contribution in [2.75, 3.05) is 16.9 Å². The molecule has 7 heteroatoms. The Morgan fingerprint density at radius 2 is 2.04 bits per heavy atom. The highest BCUT2D eigenvalue weighted by atomic mass is 32.2. The summed E-state index contributed by atoms with van der Waals surface area (Å²) in [6.45, 7) is 0. The molecule has 0 aliphatic carbocycles. The van der Waals surface area contributed by atoms with Crippen LogP contribution in [0.3, 0.4) is 0 Å². The second-order valence-corrected chi connectivity index (χ2v) is 6.76. The van der Waals surface area contributed by atoms with Crippen LogP contribution in [-0.2, 0) is 4.79 Å². The van der Waals surface area contributed by atoms with Crippen LogP contribution < -0.4 is 5.32 Å². The average Bonchev–Trinajstić information content (AvgIpc) is 3.26. The molecule has 2 aromatic rings. The Kier molecular flexibility index (Phi) is 4.65. The third kappa shape index (κ3) is 3.38. The minimum Gasteiger partial charge on any atom is -0.324 e. The summed E-state index contributed by atoms with van der Waals surface area (Å²) in [7, 11) is 0. The molecule has 23 heavy (non-hydrogen) atoms. The summed E-state index contributed by atoms with van der Waals surface area (Å²) in [5, 5.41) is 15.2. The topological polar surface area (TPSA) is 73.2 Å². The zero-order valence-electron chi connectivity index (χ0n) is 12.1. The second kappa shape index (κ2) is 6.86. The molecule has 0 saturated carbocycles. The molecule has 1 aromatic heterocycles. The van der Waals surface area contributed by atoms with Crippen molar-refractivity contribution in [2.24, 2.45) is 0 Å². The summed E-state index contributed by atoms with van der Waals surface area (Å²) < 4.78 is 0. The number of hydrogen-bond donors (Lipinski definition) is 1. The van der Waals surface area contributed by atoms with Crippen LogP contribution in [0.5, 0.6) is 0 Å². The van der Waals surface area contributed by atoms with Crippen LogP contribution in [0, 0.1) is 11.3 Å². The first kappa shape index (κ1) is 15.6. The number of rotatable bonds is 3. The third-order valence-corrected chi connectivity index (χ3v) is 5.19. The van der Waals surface area contributed by atoms with Crippen molar-refractivity contribution < 1.29 is 9.59 Å². The standard InChI is InChI=1S/C16H13N3O2S2/c17-7-11-1-3-13(4-2-11)18-15(20)14-9-23-10-19(14)16(21)12-5-6-22-8-12/h1-6,8,14H,9-10H2,(H,18,20)/t14-/m1/s1. The maximum Gasteiger partial charge on any atom is 0.256 e. The van der Waals surface area contributed by atoms with E-state index in [-0.39, 0.29) is 11.8 Å². The summed E-state index contributed by atoms with van der Waals surface area (Å²) in [5.74, 6) is 0.775. The molecule has 2 amide bonds. The van der Waals surface area contributed by atoms with E-state index >= 15 is 0 Å². The number of nitrogens with one attached hydrogen (secondary N) is 1. The van der Waals surface area contributed by atoms with Gasteiger partial charge in [-0.3, -0.25) is 9.59 Å².